The van der Waals surface area contributed by atoms with E-state index in [1.54, 1.807) is 6.92 Å². The minimum absolute atomic E-state index is 0.187. The minimum Gasteiger partial charge on any atom is -0.480 e. The maximum absolute atomic E-state index is 13.2. The smallest absolute Gasteiger partial charge is 0.326 e. The van der Waals surface area contributed by atoms with Gasteiger partial charge in [-0.2, -0.15) is 0 Å². The molecule has 0 aliphatic carbocycles. The Morgan fingerprint density at radius 2 is 1.00 bits per heavy atom. The predicted octanol–water partition coefficient (Wildman–Crippen LogP) is 2.04. The molecule has 3 amide bonds. The normalized spacial score (nSPS) is 17.8. The van der Waals surface area contributed by atoms with Gasteiger partial charge in [-0.3, -0.25) is 14.4 Å². The van der Waals surface area contributed by atoms with Gasteiger partial charge in [0.2, 0.25) is 17.7 Å². The number of rotatable bonds is 15. The van der Waals surface area contributed by atoms with E-state index in [9.17, 15) is 24.3 Å². The van der Waals surface area contributed by atoms with Crippen LogP contribution in [0.1, 0.15) is 81.1 Å². The number of hydrogen-bond donors (Lipinski definition) is 5. The van der Waals surface area contributed by atoms with E-state index >= 15 is 0 Å². The third-order valence-corrected chi connectivity index (χ3v) is 6.43. The molecular weight excluding hydrogens is 424 g/mol. The number of amides is 3. The van der Waals surface area contributed by atoms with Crippen LogP contribution in [0.15, 0.2) is 0 Å². The second kappa shape index (κ2) is 14.9. The Bertz CT molecular complexity index is 655. The molecule has 0 bridgehead atoms. The Kier molecular flexibility index (Phi) is 13.9. The van der Waals surface area contributed by atoms with Crippen molar-refractivity contribution < 1.29 is 24.3 Å². The van der Waals surface area contributed by atoms with Crippen molar-refractivity contribution in [1.29, 1.82) is 0 Å². The van der Waals surface area contributed by atoms with E-state index in [2.05, 4.69) is 16.0 Å². The highest BCUT2D eigenvalue weighted by molar-refractivity contribution is 5.94. The third kappa shape index (κ3) is 10.1. The van der Waals surface area contributed by atoms with Crippen LogP contribution in [0.2, 0.25) is 0 Å². The van der Waals surface area contributed by atoms with Gasteiger partial charge in [-0.15, -0.1) is 0 Å². The number of carboxylic acids is 1. The minimum atomic E-state index is -1.11. The molecule has 0 saturated heterocycles. The number of aliphatic carboxylic acids is 1. The first kappa shape index (κ1) is 30.8. The predicted molar refractivity (Wildman–Crippen MR) is 129 cm³/mol. The Labute approximate surface area is 199 Å². The van der Waals surface area contributed by atoms with Gasteiger partial charge in [0.1, 0.15) is 18.1 Å². The highest BCUT2D eigenvalue weighted by Crippen LogP contribution is 2.15. The number of carboxylic acid groups (broad SMARTS) is 1. The molecule has 9 heteroatoms. The molecule has 7 atom stereocenters. The van der Waals surface area contributed by atoms with Gasteiger partial charge < -0.3 is 26.8 Å². The topological polar surface area (TPSA) is 151 Å². The van der Waals surface area contributed by atoms with E-state index in [1.165, 1.54) is 0 Å². The largest absolute Gasteiger partial charge is 0.480 e. The highest BCUT2D eigenvalue weighted by atomic mass is 16.4. The lowest BCUT2D eigenvalue weighted by atomic mass is 9.93. The molecule has 0 fully saturated rings. The number of carbonyl (C=O) groups is 4. The molecule has 192 valence electrons. The maximum Gasteiger partial charge on any atom is 0.326 e. The fraction of sp³-hybridized carbons (Fsp3) is 0.833. The van der Waals surface area contributed by atoms with Crippen molar-refractivity contribution in [3.05, 3.63) is 0 Å². The van der Waals surface area contributed by atoms with Crippen molar-refractivity contribution >= 4 is 23.7 Å². The molecule has 0 radical (unpaired) electrons. The molecule has 0 saturated carbocycles. The van der Waals surface area contributed by atoms with Gasteiger partial charge in [-0.05, 0) is 30.1 Å². The highest BCUT2D eigenvalue weighted by Gasteiger charge is 2.35. The Hall–Kier alpha value is -2.16. The van der Waals surface area contributed by atoms with E-state index < -0.39 is 47.9 Å². The van der Waals surface area contributed by atoms with E-state index in [0.29, 0.717) is 25.7 Å². The first-order valence-electron chi connectivity index (χ1n) is 12.2. The van der Waals surface area contributed by atoms with Crippen LogP contribution in [0.25, 0.3) is 0 Å². The summed E-state index contributed by atoms with van der Waals surface area (Å²) in [7, 11) is 0. The van der Waals surface area contributed by atoms with Gasteiger partial charge in [0.25, 0.3) is 0 Å². The summed E-state index contributed by atoms with van der Waals surface area (Å²) < 4.78 is 0. The molecule has 0 aromatic heterocycles. The van der Waals surface area contributed by atoms with Gasteiger partial charge in [0.15, 0.2) is 0 Å². The van der Waals surface area contributed by atoms with Crippen molar-refractivity contribution in [3.63, 3.8) is 0 Å². The first-order chi connectivity index (χ1) is 15.3. The number of nitrogens with two attached hydrogens (primary N) is 1. The lowest BCUT2D eigenvalue weighted by Gasteiger charge is -2.30. The first-order valence-corrected chi connectivity index (χ1v) is 12.2. The van der Waals surface area contributed by atoms with Crippen LogP contribution >= 0.6 is 0 Å². The summed E-state index contributed by atoms with van der Waals surface area (Å²) in [6.07, 6.45) is 2.30. The zero-order valence-electron chi connectivity index (χ0n) is 21.6. The zero-order valence-corrected chi connectivity index (χ0v) is 21.6. The summed E-state index contributed by atoms with van der Waals surface area (Å²) in [4.78, 5) is 50.5. The summed E-state index contributed by atoms with van der Waals surface area (Å²) >= 11 is 0. The van der Waals surface area contributed by atoms with Crippen LogP contribution < -0.4 is 21.7 Å². The quantitative estimate of drug-likeness (QED) is 0.247. The molecule has 0 heterocycles. The lowest BCUT2D eigenvalue weighted by molar-refractivity contribution is -0.144. The molecule has 0 aromatic carbocycles. The zero-order chi connectivity index (χ0) is 25.9. The van der Waals surface area contributed by atoms with Crippen molar-refractivity contribution in [2.75, 3.05) is 0 Å². The SMILES string of the molecule is CCC(C)C(NC(=O)C(NC(=O)C(NC(=O)C(N)CC(C)C)C(C)CC)C(C)CC)C(=O)O. The van der Waals surface area contributed by atoms with E-state index in [4.69, 9.17) is 5.73 Å². The fourth-order valence-electron chi connectivity index (χ4n) is 3.45. The Morgan fingerprint density at radius 3 is 1.33 bits per heavy atom. The molecule has 0 spiro atoms. The number of carbonyl (C=O) groups excluding carboxylic acids is 3. The number of nitrogens with one attached hydrogen (secondary N) is 3. The number of hydrogen-bond acceptors (Lipinski definition) is 5. The summed E-state index contributed by atoms with van der Waals surface area (Å²) in [6, 6.07) is -3.57. The molecule has 33 heavy (non-hydrogen) atoms. The van der Waals surface area contributed by atoms with Crippen LogP contribution in [-0.4, -0.2) is 53.0 Å². The second-order valence-electron chi connectivity index (χ2n) is 9.69. The molecular formula is C24H46N4O5. The lowest BCUT2D eigenvalue weighted by Crippen LogP contribution is -2.60. The Balaban J connectivity index is 5.65. The van der Waals surface area contributed by atoms with Gasteiger partial charge in [0, 0.05) is 0 Å². The average Bonchev–Trinajstić information content (AvgIpc) is 2.76. The van der Waals surface area contributed by atoms with Crippen LogP contribution in [-0.2, 0) is 19.2 Å². The summed E-state index contributed by atoms with van der Waals surface area (Å²) in [6.45, 7) is 15.0. The summed E-state index contributed by atoms with van der Waals surface area (Å²) in [5.74, 6) is -3.01. The fourth-order valence-corrected chi connectivity index (χ4v) is 3.45. The van der Waals surface area contributed by atoms with Crippen LogP contribution in [0.5, 0.6) is 0 Å². The van der Waals surface area contributed by atoms with E-state index in [1.807, 2.05) is 48.5 Å². The second-order valence-corrected chi connectivity index (χ2v) is 9.69. The molecule has 6 N–H and O–H groups in total. The average molecular weight is 471 g/mol. The van der Waals surface area contributed by atoms with Crippen LogP contribution in [0.4, 0.5) is 0 Å². The van der Waals surface area contributed by atoms with Crippen LogP contribution in [0.3, 0.4) is 0 Å². The van der Waals surface area contributed by atoms with Gasteiger partial charge in [-0.1, -0.05) is 74.7 Å². The summed E-state index contributed by atoms with van der Waals surface area (Å²) in [5.41, 5.74) is 5.99. The van der Waals surface area contributed by atoms with Crippen molar-refractivity contribution in [2.24, 2.45) is 29.4 Å². The monoisotopic (exact) mass is 470 g/mol. The van der Waals surface area contributed by atoms with Gasteiger partial charge in [-0.25, -0.2) is 4.79 Å². The standard InChI is InChI=1S/C24H46N4O5/c1-9-14(6)18(26-21(29)17(25)12-13(4)5)22(30)27-19(15(7)10-2)23(31)28-20(24(32)33)16(8)11-3/h13-20H,9-12,25H2,1-8H3,(H,26,29)(H,27,30)(H,28,31)(H,32,33). The summed E-state index contributed by atoms with van der Waals surface area (Å²) in [5, 5.41) is 17.6. The van der Waals surface area contributed by atoms with E-state index in [-0.39, 0.29) is 23.7 Å². The van der Waals surface area contributed by atoms with Crippen molar-refractivity contribution in [2.45, 2.75) is 105 Å². The molecule has 0 rings (SSSR count). The van der Waals surface area contributed by atoms with Gasteiger partial charge in [0.05, 0.1) is 6.04 Å². The van der Waals surface area contributed by atoms with Crippen molar-refractivity contribution in [3.8, 4) is 0 Å². The van der Waals surface area contributed by atoms with Crippen molar-refractivity contribution in [1.82, 2.24) is 16.0 Å². The molecule has 0 aliphatic heterocycles. The van der Waals surface area contributed by atoms with E-state index in [0.717, 1.165) is 0 Å². The molecule has 9 nitrogen and oxygen atoms in total. The maximum atomic E-state index is 13.2. The third-order valence-electron chi connectivity index (χ3n) is 6.43. The molecule has 0 aromatic rings. The Morgan fingerprint density at radius 1 is 0.667 bits per heavy atom. The molecule has 0 aliphatic rings. The van der Waals surface area contributed by atoms with Crippen LogP contribution in [0, 0.1) is 23.7 Å². The van der Waals surface area contributed by atoms with Gasteiger partial charge >= 0.3 is 5.97 Å². The molecule has 7 unspecified atom stereocenters.